The smallest absolute Gasteiger partial charge is 0.257 e. The van der Waals surface area contributed by atoms with Crippen LogP contribution in [0.5, 0.6) is 0 Å². The Morgan fingerprint density at radius 2 is 1.77 bits per heavy atom. The molecule has 26 heavy (non-hydrogen) atoms. The molecule has 1 aromatic heterocycles. The molecule has 1 aliphatic rings. The molecule has 0 radical (unpaired) electrons. The van der Waals surface area contributed by atoms with Crippen LogP contribution in [-0.2, 0) is 0 Å². The van der Waals surface area contributed by atoms with E-state index < -0.39 is 0 Å². The van der Waals surface area contributed by atoms with Crippen LogP contribution in [0.2, 0.25) is 0 Å². The second kappa shape index (κ2) is 5.51. The number of carbonyl (C=O) groups is 1. The van der Waals surface area contributed by atoms with Gasteiger partial charge in [0.1, 0.15) is 0 Å². The number of benzene rings is 3. The number of amides is 1. The van der Waals surface area contributed by atoms with Gasteiger partial charge in [-0.1, -0.05) is 65.4 Å². The molecule has 0 aliphatic heterocycles. The summed E-state index contributed by atoms with van der Waals surface area (Å²) in [7, 11) is 0. The quantitative estimate of drug-likeness (QED) is 0.433. The normalized spacial score (nSPS) is 11.6. The highest BCUT2D eigenvalue weighted by Gasteiger charge is 2.26. The highest BCUT2D eigenvalue weighted by Crippen LogP contribution is 2.50. The summed E-state index contributed by atoms with van der Waals surface area (Å²) in [6.45, 7) is 3.98. The molecule has 1 heterocycles. The van der Waals surface area contributed by atoms with Crippen LogP contribution in [0.4, 0.5) is 5.13 Å². The summed E-state index contributed by atoms with van der Waals surface area (Å²) in [5, 5.41) is 6.11. The second-order valence-electron chi connectivity index (χ2n) is 6.68. The standard InChI is InChI=1S/C22H16N2OS/c1-12-9-10-15(13(2)11-12)21(25)24-22-23-19-16-7-3-5-14-6-4-8-17(18(14)16)20(19)26-22/h3-11H,1-2H3,(H,23,24,25). The molecule has 0 fully saturated rings. The van der Waals surface area contributed by atoms with Crippen LogP contribution in [0.15, 0.2) is 54.6 Å². The van der Waals surface area contributed by atoms with Crippen molar-refractivity contribution < 1.29 is 4.79 Å². The van der Waals surface area contributed by atoms with E-state index in [0.717, 1.165) is 27.3 Å². The van der Waals surface area contributed by atoms with Crippen LogP contribution >= 0.6 is 11.3 Å². The third kappa shape index (κ3) is 2.19. The lowest BCUT2D eigenvalue weighted by Gasteiger charge is -2.06. The lowest BCUT2D eigenvalue weighted by molar-refractivity contribution is 0.102. The maximum absolute atomic E-state index is 12.7. The molecule has 0 saturated carbocycles. The van der Waals surface area contributed by atoms with E-state index in [4.69, 9.17) is 4.98 Å². The summed E-state index contributed by atoms with van der Waals surface area (Å²) in [6, 6.07) is 18.5. The van der Waals surface area contributed by atoms with Crippen molar-refractivity contribution in [1.82, 2.24) is 4.98 Å². The predicted octanol–water partition coefficient (Wildman–Crippen LogP) is 5.81. The lowest BCUT2D eigenvalue weighted by Crippen LogP contribution is -2.13. The number of hydrogen-bond donors (Lipinski definition) is 1. The van der Waals surface area contributed by atoms with Gasteiger partial charge in [-0.05, 0) is 36.2 Å². The Hall–Kier alpha value is -2.98. The summed E-state index contributed by atoms with van der Waals surface area (Å²) in [6.07, 6.45) is 0. The van der Waals surface area contributed by atoms with E-state index in [1.54, 1.807) is 11.3 Å². The molecule has 4 heteroatoms. The predicted molar refractivity (Wildman–Crippen MR) is 108 cm³/mol. The third-order valence-electron chi connectivity index (χ3n) is 4.88. The molecule has 1 aliphatic carbocycles. The first-order valence-corrected chi connectivity index (χ1v) is 9.35. The number of nitrogens with one attached hydrogen (secondary N) is 1. The van der Waals surface area contributed by atoms with Crippen LogP contribution in [-0.4, -0.2) is 10.9 Å². The molecule has 126 valence electrons. The van der Waals surface area contributed by atoms with Crippen LogP contribution in [0.3, 0.4) is 0 Å². The van der Waals surface area contributed by atoms with Gasteiger partial charge in [0.2, 0.25) is 0 Å². The van der Waals surface area contributed by atoms with Gasteiger partial charge < -0.3 is 0 Å². The van der Waals surface area contributed by atoms with Gasteiger partial charge >= 0.3 is 0 Å². The Bertz CT molecular complexity index is 1150. The largest absolute Gasteiger partial charge is 0.298 e. The fourth-order valence-corrected chi connectivity index (χ4v) is 4.71. The Morgan fingerprint density at radius 1 is 1.00 bits per heavy atom. The van der Waals surface area contributed by atoms with Crippen molar-refractivity contribution in [3.63, 3.8) is 0 Å². The van der Waals surface area contributed by atoms with E-state index in [1.165, 1.54) is 16.3 Å². The van der Waals surface area contributed by atoms with E-state index in [-0.39, 0.29) is 5.91 Å². The van der Waals surface area contributed by atoms with Crippen molar-refractivity contribution in [2.45, 2.75) is 13.8 Å². The van der Waals surface area contributed by atoms with E-state index >= 15 is 0 Å². The van der Waals surface area contributed by atoms with Gasteiger partial charge in [-0.2, -0.15) is 0 Å². The maximum Gasteiger partial charge on any atom is 0.257 e. The minimum atomic E-state index is -0.110. The topological polar surface area (TPSA) is 42.0 Å². The molecule has 3 nitrogen and oxygen atoms in total. The molecule has 0 spiro atoms. The van der Waals surface area contributed by atoms with Gasteiger partial charge in [0.15, 0.2) is 5.13 Å². The van der Waals surface area contributed by atoms with Crippen molar-refractivity contribution in [3.05, 3.63) is 71.3 Å². The molecular formula is C22H16N2OS. The molecule has 0 saturated heterocycles. The van der Waals surface area contributed by atoms with Crippen LogP contribution in [0.1, 0.15) is 21.5 Å². The van der Waals surface area contributed by atoms with E-state index in [2.05, 4.69) is 41.7 Å². The lowest BCUT2D eigenvalue weighted by atomic mass is 10.0. The summed E-state index contributed by atoms with van der Waals surface area (Å²) in [5.41, 5.74) is 6.14. The first-order chi connectivity index (χ1) is 12.6. The minimum Gasteiger partial charge on any atom is -0.298 e. The monoisotopic (exact) mass is 356 g/mol. The summed E-state index contributed by atoms with van der Waals surface area (Å²) in [4.78, 5) is 18.5. The van der Waals surface area contributed by atoms with Gasteiger partial charge in [-0.25, -0.2) is 4.98 Å². The van der Waals surface area contributed by atoms with E-state index in [0.29, 0.717) is 10.7 Å². The Kier molecular flexibility index (Phi) is 3.24. The summed E-state index contributed by atoms with van der Waals surface area (Å²) >= 11 is 1.54. The summed E-state index contributed by atoms with van der Waals surface area (Å²) in [5.74, 6) is -0.110. The Balaban J connectivity index is 1.53. The summed E-state index contributed by atoms with van der Waals surface area (Å²) < 4.78 is 0. The van der Waals surface area contributed by atoms with Crippen molar-refractivity contribution in [2.75, 3.05) is 5.32 Å². The average Bonchev–Trinajstić information content (AvgIpc) is 3.15. The van der Waals surface area contributed by atoms with Crippen LogP contribution in [0.25, 0.3) is 32.5 Å². The Morgan fingerprint density at radius 3 is 2.54 bits per heavy atom. The first-order valence-electron chi connectivity index (χ1n) is 8.54. The number of rotatable bonds is 2. The van der Waals surface area contributed by atoms with E-state index in [1.807, 2.05) is 32.0 Å². The second-order valence-corrected chi connectivity index (χ2v) is 7.68. The maximum atomic E-state index is 12.7. The van der Waals surface area contributed by atoms with Crippen molar-refractivity contribution in [1.29, 1.82) is 0 Å². The molecule has 1 N–H and O–H groups in total. The number of hydrogen-bond acceptors (Lipinski definition) is 3. The number of anilines is 1. The Labute approximate surface area is 155 Å². The van der Waals surface area contributed by atoms with Crippen molar-refractivity contribution >= 4 is 33.1 Å². The van der Waals surface area contributed by atoms with E-state index in [9.17, 15) is 4.79 Å². The zero-order valence-electron chi connectivity index (χ0n) is 14.5. The van der Waals surface area contributed by atoms with Gasteiger partial charge in [-0.3, -0.25) is 10.1 Å². The molecule has 0 atom stereocenters. The highest BCUT2D eigenvalue weighted by molar-refractivity contribution is 7.20. The third-order valence-corrected chi connectivity index (χ3v) is 5.88. The fourth-order valence-electron chi connectivity index (χ4n) is 3.70. The molecule has 3 aromatic carbocycles. The molecule has 4 aromatic rings. The van der Waals surface area contributed by atoms with Crippen molar-refractivity contribution in [3.8, 4) is 21.7 Å². The average molecular weight is 356 g/mol. The number of nitrogens with zero attached hydrogens (tertiary/aromatic N) is 1. The SMILES string of the molecule is Cc1ccc(C(=O)Nc2nc3c(s2)-c2cccc4cccc-3c24)c(C)c1. The number of aromatic nitrogens is 1. The number of aryl methyl sites for hydroxylation is 2. The highest BCUT2D eigenvalue weighted by atomic mass is 32.1. The fraction of sp³-hybridized carbons (Fsp3) is 0.0909. The van der Waals surface area contributed by atoms with Gasteiger partial charge in [0.05, 0.1) is 10.6 Å². The first kappa shape index (κ1) is 15.3. The molecule has 0 unspecified atom stereocenters. The van der Waals surface area contributed by atoms with Crippen LogP contribution in [0, 0.1) is 13.8 Å². The molecule has 0 bridgehead atoms. The van der Waals surface area contributed by atoms with Gasteiger partial charge in [0.25, 0.3) is 5.91 Å². The minimum absolute atomic E-state index is 0.110. The molecule has 1 amide bonds. The van der Waals surface area contributed by atoms with Crippen LogP contribution < -0.4 is 5.32 Å². The molecule has 5 rings (SSSR count). The zero-order valence-corrected chi connectivity index (χ0v) is 15.3. The number of carbonyl (C=O) groups excluding carboxylic acids is 1. The van der Waals surface area contributed by atoms with Crippen molar-refractivity contribution in [2.24, 2.45) is 0 Å². The number of fused-ring (bicyclic) bond motifs is 3. The molecular weight excluding hydrogens is 340 g/mol. The van der Waals surface area contributed by atoms with Gasteiger partial charge in [0, 0.05) is 16.7 Å². The zero-order chi connectivity index (χ0) is 17.8. The van der Waals surface area contributed by atoms with Gasteiger partial charge in [-0.15, -0.1) is 0 Å². The number of thiazole rings is 1.